The van der Waals surface area contributed by atoms with E-state index in [0.29, 0.717) is 17.5 Å². The molecule has 0 aliphatic carbocycles. The molecule has 2 rings (SSSR count). The molecule has 1 aromatic heterocycles. The quantitative estimate of drug-likeness (QED) is 0.782. The third-order valence-corrected chi connectivity index (χ3v) is 3.62. The first kappa shape index (κ1) is 12.1. The zero-order valence-corrected chi connectivity index (χ0v) is 10.6. The van der Waals surface area contributed by atoms with Gasteiger partial charge in [-0.3, -0.25) is 4.98 Å². The van der Waals surface area contributed by atoms with Crippen LogP contribution in [0.4, 0.5) is 0 Å². The van der Waals surface area contributed by atoms with Crippen LogP contribution < -0.4 is 0 Å². The van der Waals surface area contributed by atoms with Crippen LogP contribution in [-0.2, 0) is 0 Å². The Morgan fingerprint density at radius 1 is 1.35 bits per heavy atom. The molecule has 1 aliphatic rings. The highest BCUT2D eigenvalue weighted by atomic mass is 15.1. The van der Waals surface area contributed by atoms with E-state index in [2.05, 4.69) is 29.8 Å². The lowest BCUT2D eigenvalue weighted by atomic mass is 9.89. The van der Waals surface area contributed by atoms with Gasteiger partial charge in [-0.15, -0.1) is 0 Å². The van der Waals surface area contributed by atoms with Gasteiger partial charge in [0, 0.05) is 18.4 Å². The lowest BCUT2D eigenvalue weighted by molar-refractivity contribution is 0.172. The van der Waals surface area contributed by atoms with E-state index in [0.717, 1.165) is 13.1 Å². The van der Waals surface area contributed by atoms with Crippen molar-refractivity contribution in [1.29, 1.82) is 5.26 Å². The zero-order valence-electron chi connectivity index (χ0n) is 10.6. The predicted octanol–water partition coefficient (Wildman–Crippen LogP) is 2.54. The van der Waals surface area contributed by atoms with Gasteiger partial charge >= 0.3 is 0 Å². The minimum absolute atomic E-state index is 0.575. The van der Waals surface area contributed by atoms with Crippen molar-refractivity contribution in [2.24, 2.45) is 0 Å². The molecule has 0 spiro atoms. The van der Waals surface area contributed by atoms with Crippen molar-refractivity contribution in [2.75, 3.05) is 13.1 Å². The summed E-state index contributed by atoms with van der Waals surface area (Å²) < 4.78 is 0. The molecule has 1 saturated heterocycles. The highest BCUT2D eigenvalue weighted by Crippen LogP contribution is 2.28. The van der Waals surface area contributed by atoms with Gasteiger partial charge in [0.25, 0.3) is 0 Å². The van der Waals surface area contributed by atoms with E-state index >= 15 is 0 Å². The number of rotatable bonds is 2. The Morgan fingerprint density at radius 2 is 2.06 bits per heavy atom. The van der Waals surface area contributed by atoms with Gasteiger partial charge in [0.1, 0.15) is 6.07 Å². The molecule has 0 saturated carbocycles. The molecule has 90 valence electrons. The maximum Gasteiger partial charge on any atom is 0.101 e. The Morgan fingerprint density at radius 3 is 2.65 bits per heavy atom. The van der Waals surface area contributed by atoms with Crippen molar-refractivity contribution >= 4 is 0 Å². The van der Waals surface area contributed by atoms with Gasteiger partial charge < -0.3 is 4.90 Å². The number of aromatic nitrogens is 1. The Kier molecular flexibility index (Phi) is 3.75. The first-order chi connectivity index (χ1) is 8.20. The third kappa shape index (κ3) is 2.83. The van der Waals surface area contributed by atoms with Crippen LogP contribution in [0.25, 0.3) is 0 Å². The van der Waals surface area contributed by atoms with Crippen molar-refractivity contribution in [1.82, 2.24) is 9.88 Å². The van der Waals surface area contributed by atoms with Gasteiger partial charge in [-0.2, -0.15) is 5.26 Å². The molecule has 0 amide bonds. The van der Waals surface area contributed by atoms with Crippen molar-refractivity contribution in [3.63, 3.8) is 0 Å². The van der Waals surface area contributed by atoms with E-state index < -0.39 is 0 Å². The van der Waals surface area contributed by atoms with Crippen LogP contribution in [0, 0.1) is 11.3 Å². The first-order valence-corrected chi connectivity index (χ1v) is 6.30. The van der Waals surface area contributed by atoms with Crippen LogP contribution in [0.1, 0.15) is 43.7 Å². The number of piperidine rings is 1. The average Bonchev–Trinajstić information content (AvgIpc) is 2.39. The number of nitriles is 1. The Labute approximate surface area is 103 Å². The maximum atomic E-state index is 8.88. The van der Waals surface area contributed by atoms with E-state index in [4.69, 9.17) is 5.26 Å². The van der Waals surface area contributed by atoms with Gasteiger partial charge in [-0.05, 0) is 57.3 Å². The van der Waals surface area contributed by atoms with Crippen molar-refractivity contribution in [2.45, 2.75) is 38.6 Å². The molecule has 0 radical (unpaired) electrons. The standard InChI is InChI=1S/C14H19N3/c1-11(2)17-5-3-13(4-6-17)14-7-12(8-15)9-16-10-14/h7,9-11,13H,3-6H2,1-2H3. The van der Waals surface area contributed by atoms with Crippen LogP contribution in [-0.4, -0.2) is 29.0 Å². The smallest absolute Gasteiger partial charge is 0.101 e. The Bertz CT molecular complexity index is 412. The van der Waals surface area contributed by atoms with Crippen molar-refractivity contribution in [3.8, 4) is 6.07 Å². The van der Waals surface area contributed by atoms with Crippen LogP contribution in [0.3, 0.4) is 0 Å². The van der Waals surface area contributed by atoms with E-state index in [1.165, 1.54) is 18.4 Å². The fourth-order valence-corrected chi connectivity index (χ4v) is 2.49. The monoisotopic (exact) mass is 229 g/mol. The second-order valence-electron chi connectivity index (χ2n) is 5.02. The SMILES string of the molecule is CC(C)N1CCC(c2cncc(C#N)c2)CC1. The predicted molar refractivity (Wildman–Crippen MR) is 67.6 cm³/mol. The van der Waals surface area contributed by atoms with E-state index in [1.807, 2.05) is 12.3 Å². The van der Waals surface area contributed by atoms with E-state index in [9.17, 15) is 0 Å². The number of hydrogen-bond donors (Lipinski definition) is 0. The molecule has 17 heavy (non-hydrogen) atoms. The number of pyridine rings is 1. The van der Waals surface area contributed by atoms with E-state index in [1.54, 1.807) is 6.20 Å². The summed E-state index contributed by atoms with van der Waals surface area (Å²) in [6.45, 7) is 6.80. The minimum Gasteiger partial charge on any atom is -0.301 e. The summed E-state index contributed by atoms with van der Waals surface area (Å²) in [4.78, 5) is 6.66. The topological polar surface area (TPSA) is 39.9 Å². The summed E-state index contributed by atoms with van der Waals surface area (Å²) in [5, 5.41) is 8.88. The molecule has 1 aromatic rings. The fourth-order valence-electron chi connectivity index (χ4n) is 2.49. The second kappa shape index (κ2) is 5.29. The van der Waals surface area contributed by atoms with Crippen LogP contribution in [0.15, 0.2) is 18.5 Å². The average molecular weight is 229 g/mol. The number of nitrogens with zero attached hydrogens (tertiary/aromatic N) is 3. The summed E-state index contributed by atoms with van der Waals surface area (Å²) in [6.07, 6.45) is 5.90. The molecule has 3 nitrogen and oxygen atoms in total. The molecule has 1 fully saturated rings. The first-order valence-electron chi connectivity index (χ1n) is 6.30. The van der Waals surface area contributed by atoms with Crippen molar-refractivity contribution < 1.29 is 0 Å². The molecule has 2 heterocycles. The molecule has 0 atom stereocenters. The van der Waals surface area contributed by atoms with Gasteiger partial charge in [0.05, 0.1) is 5.56 Å². The van der Waals surface area contributed by atoms with Gasteiger partial charge in [0.15, 0.2) is 0 Å². The zero-order chi connectivity index (χ0) is 12.3. The number of hydrogen-bond acceptors (Lipinski definition) is 3. The van der Waals surface area contributed by atoms with Gasteiger partial charge in [-0.1, -0.05) is 0 Å². The van der Waals surface area contributed by atoms with Crippen LogP contribution >= 0.6 is 0 Å². The summed E-state index contributed by atoms with van der Waals surface area (Å²) in [5.41, 5.74) is 1.90. The second-order valence-corrected chi connectivity index (χ2v) is 5.02. The molecule has 3 heteroatoms. The minimum atomic E-state index is 0.575. The van der Waals surface area contributed by atoms with Crippen molar-refractivity contribution in [3.05, 3.63) is 29.6 Å². The van der Waals surface area contributed by atoms with Gasteiger partial charge in [0.2, 0.25) is 0 Å². The van der Waals surface area contributed by atoms with E-state index in [-0.39, 0.29) is 0 Å². The fraction of sp³-hybridized carbons (Fsp3) is 0.571. The summed E-state index contributed by atoms with van der Waals surface area (Å²) in [6, 6.07) is 4.79. The highest BCUT2D eigenvalue weighted by Gasteiger charge is 2.22. The molecule has 1 aliphatic heterocycles. The van der Waals surface area contributed by atoms with Gasteiger partial charge in [-0.25, -0.2) is 0 Å². The van der Waals surface area contributed by atoms with Crippen LogP contribution in [0.5, 0.6) is 0 Å². The highest BCUT2D eigenvalue weighted by molar-refractivity contribution is 5.31. The molecule has 0 unspecified atom stereocenters. The van der Waals surface area contributed by atoms with Crippen LogP contribution in [0.2, 0.25) is 0 Å². The molecule has 0 N–H and O–H groups in total. The molecule has 0 bridgehead atoms. The summed E-state index contributed by atoms with van der Waals surface area (Å²) >= 11 is 0. The third-order valence-electron chi connectivity index (χ3n) is 3.62. The maximum absolute atomic E-state index is 8.88. The summed E-state index contributed by atoms with van der Waals surface area (Å²) in [5.74, 6) is 0.575. The summed E-state index contributed by atoms with van der Waals surface area (Å²) in [7, 11) is 0. The largest absolute Gasteiger partial charge is 0.301 e. The number of likely N-dealkylation sites (tertiary alicyclic amines) is 1. The molecular weight excluding hydrogens is 210 g/mol. The molecular formula is C14H19N3. The lowest BCUT2D eigenvalue weighted by Crippen LogP contribution is -2.37. The normalized spacial score (nSPS) is 18.2. The molecule has 0 aromatic carbocycles. The Hall–Kier alpha value is -1.40. The Balaban J connectivity index is 2.03. The lowest BCUT2D eigenvalue weighted by Gasteiger charge is -2.34.